The summed E-state index contributed by atoms with van der Waals surface area (Å²) in [4.78, 5) is 2.53. The molecule has 146 valence electrons. The highest BCUT2D eigenvalue weighted by atomic mass is 16.4. The molecule has 0 radical (unpaired) electrons. The molecule has 3 aromatic rings. The molecule has 4 nitrogen and oxygen atoms in total. The van der Waals surface area contributed by atoms with E-state index in [9.17, 15) is 0 Å². The van der Waals surface area contributed by atoms with Crippen LogP contribution in [0.1, 0.15) is 53.8 Å². The first kappa shape index (κ1) is 18.9. The maximum absolute atomic E-state index is 6.02. The second-order valence-electron chi connectivity index (χ2n) is 7.83. The van der Waals surface area contributed by atoms with Gasteiger partial charge in [0.25, 0.3) is 0 Å². The molecule has 1 aliphatic carbocycles. The van der Waals surface area contributed by atoms with Gasteiger partial charge in [0, 0.05) is 6.04 Å². The molecule has 0 saturated heterocycles. The largest absolute Gasteiger partial charge is 0.424 e. The molecule has 0 N–H and O–H groups in total. The van der Waals surface area contributed by atoms with Gasteiger partial charge < -0.3 is 4.42 Å². The monoisotopic (exact) mass is 375 g/mol. The van der Waals surface area contributed by atoms with E-state index in [1.54, 1.807) is 0 Å². The van der Waals surface area contributed by atoms with Crippen molar-refractivity contribution < 1.29 is 4.42 Å². The first-order chi connectivity index (χ1) is 13.7. The van der Waals surface area contributed by atoms with E-state index in [2.05, 4.69) is 77.5 Å². The van der Waals surface area contributed by atoms with E-state index >= 15 is 0 Å². The fraction of sp³-hybridized carbons (Fsp3) is 0.417. The van der Waals surface area contributed by atoms with Crippen molar-refractivity contribution in [3.8, 4) is 0 Å². The molecule has 0 spiro atoms. The van der Waals surface area contributed by atoms with Crippen LogP contribution in [0.4, 0.5) is 0 Å². The number of benzene rings is 2. The average Bonchev–Trinajstić information content (AvgIpc) is 3.16. The predicted octanol–water partition coefficient (Wildman–Crippen LogP) is 4.74. The fourth-order valence-electron chi connectivity index (χ4n) is 4.24. The van der Waals surface area contributed by atoms with Crippen LogP contribution in [0.2, 0.25) is 0 Å². The Morgan fingerprint density at radius 1 is 1.00 bits per heavy atom. The van der Waals surface area contributed by atoms with Gasteiger partial charge in [-0.05, 0) is 61.4 Å². The number of aryl methyl sites for hydroxylation is 2. The Kier molecular flexibility index (Phi) is 5.87. The highest BCUT2D eigenvalue weighted by molar-refractivity contribution is 5.30. The van der Waals surface area contributed by atoms with E-state index in [0.717, 1.165) is 38.2 Å². The lowest BCUT2D eigenvalue weighted by Crippen LogP contribution is -2.39. The Labute approximate surface area is 167 Å². The minimum Gasteiger partial charge on any atom is -0.424 e. The second-order valence-corrected chi connectivity index (χ2v) is 7.83. The maximum atomic E-state index is 6.02. The Morgan fingerprint density at radius 3 is 2.57 bits per heavy atom. The second kappa shape index (κ2) is 8.70. The predicted molar refractivity (Wildman–Crippen MR) is 111 cm³/mol. The van der Waals surface area contributed by atoms with Crippen molar-refractivity contribution in [3.05, 3.63) is 82.6 Å². The van der Waals surface area contributed by atoms with Crippen molar-refractivity contribution in [2.45, 2.75) is 58.5 Å². The van der Waals surface area contributed by atoms with Crippen LogP contribution in [0.3, 0.4) is 0 Å². The van der Waals surface area contributed by atoms with Gasteiger partial charge >= 0.3 is 0 Å². The third-order valence-corrected chi connectivity index (χ3v) is 5.80. The first-order valence-corrected chi connectivity index (χ1v) is 10.4. The molecule has 28 heavy (non-hydrogen) atoms. The van der Waals surface area contributed by atoms with Gasteiger partial charge in [-0.3, -0.25) is 4.90 Å². The fourth-order valence-corrected chi connectivity index (χ4v) is 4.24. The number of rotatable bonds is 7. The summed E-state index contributed by atoms with van der Waals surface area (Å²) < 4.78 is 6.02. The Hall–Kier alpha value is -2.46. The van der Waals surface area contributed by atoms with Gasteiger partial charge in [0.1, 0.15) is 0 Å². The Bertz CT molecular complexity index is 917. The molecule has 2 aromatic carbocycles. The lowest BCUT2D eigenvalue weighted by Gasteiger charge is -2.34. The summed E-state index contributed by atoms with van der Waals surface area (Å²) in [5.74, 6) is 1.44. The standard InChI is InChI=1S/C24H29N3O/c1-3-14-27(22-13-12-19-9-6-7-11-21(19)15-22)17-24-26-25-23(28-24)16-20-10-5-4-8-18(20)2/h4-11,22H,3,12-17H2,1-2H3/t22-/m1/s1. The lowest BCUT2D eigenvalue weighted by molar-refractivity contribution is 0.155. The third kappa shape index (κ3) is 4.33. The Balaban J connectivity index is 1.44. The van der Waals surface area contributed by atoms with Gasteiger partial charge in [0.15, 0.2) is 0 Å². The van der Waals surface area contributed by atoms with E-state index in [1.807, 2.05) is 0 Å². The highest BCUT2D eigenvalue weighted by Crippen LogP contribution is 2.25. The molecule has 0 amide bonds. The van der Waals surface area contributed by atoms with E-state index in [-0.39, 0.29) is 0 Å². The summed E-state index contributed by atoms with van der Waals surface area (Å²) >= 11 is 0. The number of nitrogens with zero attached hydrogens (tertiary/aromatic N) is 3. The molecular formula is C24H29N3O. The molecule has 0 aliphatic heterocycles. The quantitative estimate of drug-likeness (QED) is 0.598. The minimum absolute atomic E-state index is 0.543. The minimum atomic E-state index is 0.543. The van der Waals surface area contributed by atoms with E-state index in [1.165, 1.54) is 28.7 Å². The molecule has 0 fully saturated rings. The number of hydrogen-bond acceptors (Lipinski definition) is 4. The molecule has 1 aliphatic rings. The van der Waals surface area contributed by atoms with E-state index in [0.29, 0.717) is 18.4 Å². The van der Waals surface area contributed by atoms with Crippen LogP contribution in [0.15, 0.2) is 52.9 Å². The van der Waals surface area contributed by atoms with Crippen molar-refractivity contribution >= 4 is 0 Å². The van der Waals surface area contributed by atoms with E-state index in [4.69, 9.17) is 4.42 Å². The van der Waals surface area contributed by atoms with Gasteiger partial charge in [-0.25, -0.2) is 0 Å². The number of aromatic nitrogens is 2. The smallest absolute Gasteiger partial charge is 0.230 e. The van der Waals surface area contributed by atoms with Crippen LogP contribution in [0.5, 0.6) is 0 Å². The summed E-state index contributed by atoms with van der Waals surface area (Å²) in [5, 5.41) is 8.65. The molecule has 0 bridgehead atoms. The zero-order chi connectivity index (χ0) is 19.3. The van der Waals surface area contributed by atoms with E-state index < -0.39 is 0 Å². The summed E-state index contributed by atoms with van der Waals surface area (Å²) in [5.41, 5.74) is 5.50. The topological polar surface area (TPSA) is 42.2 Å². The Morgan fingerprint density at radius 2 is 1.75 bits per heavy atom. The van der Waals surface area contributed by atoms with Gasteiger partial charge in [0.05, 0.1) is 13.0 Å². The van der Waals surface area contributed by atoms with Crippen LogP contribution in [-0.4, -0.2) is 27.7 Å². The summed E-state index contributed by atoms with van der Waals surface area (Å²) in [7, 11) is 0. The SMILES string of the molecule is CCCN(Cc1nnc(Cc2ccccc2C)o1)[C@@H]1CCc2ccccc2C1. The van der Waals surface area contributed by atoms with Crippen LogP contribution in [0, 0.1) is 6.92 Å². The van der Waals surface area contributed by atoms with Crippen LogP contribution in [0.25, 0.3) is 0 Å². The van der Waals surface area contributed by atoms with Crippen molar-refractivity contribution in [2.75, 3.05) is 6.54 Å². The third-order valence-electron chi connectivity index (χ3n) is 5.80. The molecule has 4 rings (SSSR count). The molecule has 1 heterocycles. The van der Waals surface area contributed by atoms with Crippen molar-refractivity contribution in [2.24, 2.45) is 0 Å². The molecule has 1 aromatic heterocycles. The average molecular weight is 376 g/mol. The molecule has 0 saturated carbocycles. The highest BCUT2D eigenvalue weighted by Gasteiger charge is 2.25. The lowest BCUT2D eigenvalue weighted by atomic mass is 9.87. The molecule has 1 atom stereocenters. The van der Waals surface area contributed by atoms with Crippen molar-refractivity contribution in [3.63, 3.8) is 0 Å². The zero-order valence-electron chi connectivity index (χ0n) is 16.9. The van der Waals surface area contributed by atoms with Gasteiger partial charge in [-0.1, -0.05) is 55.5 Å². The summed E-state index contributed by atoms with van der Waals surface area (Å²) in [6.07, 6.45) is 5.29. The normalized spacial score (nSPS) is 16.3. The summed E-state index contributed by atoms with van der Waals surface area (Å²) in [6.45, 7) is 6.15. The van der Waals surface area contributed by atoms with Gasteiger partial charge in [0.2, 0.25) is 11.8 Å². The van der Waals surface area contributed by atoms with Crippen LogP contribution < -0.4 is 0 Å². The molecular weight excluding hydrogens is 346 g/mol. The molecule has 4 heteroatoms. The van der Waals surface area contributed by atoms with Crippen LogP contribution >= 0.6 is 0 Å². The number of fused-ring (bicyclic) bond motifs is 1. The zero-order valence-corrected chi connectivity index (χ0v) is 16.9. The first-order valence-electron chi connectivity index (χ1n) is 10.4. The molecule has 0 unspecified atom stereocenters. The number of hydrogen-bond donors (Lipinski definition) is 0. The summed E-state index contributed by atoms with van der Waals surface area (Å²) in [6, 6.07) is 17.8. The van der Waals surface area contributed by atoms with Crippen molar-refractivity contribution in [1.29, 1.82) is 0 Å². The van der Waals surface area contributed by atoms with Gasteiger partial charge in [-0.2, -0.15) is 0 Å². The van der Waals surface area contributed by atoms with Gasteiger partial charge in [-0.15, -0.1) is 10.2 Å². The maximum Gasteiger partial charge on any atom is 0.230 e. The van der Waals surface area contributed by atoms with Crippen molar-refractivity contribution in [1.82, 2.24) is 15.1 Å². The van der Waals surface area contributed by atoms with Crippen LogP contribution in [-0.2, 0) is 25.8 Å².